The minimum Gasteiger partial charge on any atom is -0.478 e. The zero-order chi connectivity index (χ0) is 10.3. The van der Waals surface area contributed by atoms with Crippen LogP contribution < -0.4 is 0 Å². The first-order valence-corrected chi connectivity index (χ1v) is 3.73. The van der Waals surface area contributed by atoms with E-state index in [1.807, 2.05) is 0 Å². The summed E-state index contributed by atoms with van der Waals surface area (Å²) >= 11 is 0. The molecule has 0 saturated heterocycles. The molecule has 13 heavy (non-hydrogen) atoms. The first kappa shape index (κ1) is 11.6. The van der Waals surface area contributed by atoms with E-state index in [0.29, 0.717) is 19.1 Å². The average Bonchev–Trinajstić information content (AvgIpc) is 2.02. The third-order valence-electron chi connectivity index (χ3n) is 1.37. The van der Waals surface area contributed by atoms with Crippen molar-refractivity contribution in [2.75, 3.05) is 13.7 Å². The number of carbonyl (C=O) groups is 2. The summed E-state index contributed by atoms with van der Waals surface area (Å²) < 4.78 is 4.71. The molecule has 5 heteroatoms. The molecule has 0 fully saturated rings. The van der Waals surface area contributed by atoms with Gasteiger partial charge in [-0.2, -0.15) is 0 Å². The van der Waals surface area contributed by atoms with E-state index in [1.165, 1.54) is 7.11 Å². The van der Waals surface area contributed by atoms with Gasteiger partial charge in [-0.15, -0.1) is 0 Å². The highest BCUT2D eigenvalue weighted by Crippen LogP contribution is 2.05. The van der Waals surface area contributed by atoms with Crippen molar-refractivity contribution in [3.63, 3.8) is 0 Å². The van der Waals surface area contributed by atoms with Crippen molar-refractivity contribution in [1.29, 1.82) is 0 Å². The Morgan fingerprint density at radius 3 is 2.38 bits per heavy atom. The van der Waals surface area contributed by atoms with Crippen LogP contribution in [0, 0.1) is 0 Å². The molecule has 0 heterocycles. The summed E-state index contributed by atoms with van der Waals surface area (Å²) in [5.74, 6) is -2.44. The molecule has 74 valence electrons. The Bertz CT molecular complexity index is 219. The van der Waals surface area contributed by atoms with Crippen LogP contribution in [-0.2, 0) is 14.3 Å². The lowest BCUT2D eigenvalue weighted by Crippen LogP contribution is -2.05. The van der Waals surface area contributed by atoms with Crippen molar-refractivity contribution >= 4 is 11.9 Å². The standard InChI is InChI=1S/C8H12O5/c1-13-4-2-3-6(8(11)12)5-7(9)10/h5H,2-4H2,1H3,(H,9,10)(H,11,12). The molecule has 0 amide bonds. The lowest BCUT2D eigenvalue weighted by Gasteiger charge is -2.00. The molecule has 0 saturated carbocycles. The van der Waals surface area contributed by atoms with E-state index in [0.717, 1.165) is 0 Å². The first-order chi connectivity index (χ1) is 6.07. The predicted molar refractivity (Wildman–Crippen MR) is 44.5 cm³/mol. The molecule has 0 aromatic rings. The van der Waals surface area contributed by atoms with Gasteiger partial charge in [0.1, 0.15) is 0 Å². The number of aliphatic carboxylic acids is 2. The summed E-state index contributed by atoms with van der Waals surface area (Å²) in [5.41, 5.74) is -0.107. The number of hydrogen-bond donors (Lipinski definition) is 2. The lowest BCUT2D eigenvalue weighted by molar-refractivity contribution is -0.135. The van der Waals surface area contributed by atoms with Crippen molar-refractivity contribution in [1.82, 2.24) is 0 Å². The topological polar surface area (TPSA) is 83.8 Å². The Morgan fingerprint density at radius 1 is 1.38 bits per heavy atom. The molecule has 0 aromatic heterocycles. The van der Waals surface area contributed by atoms with Crippen molar-refractivity contribution in [2.45, 2.75) is 12.8 Å². The third-order valence-corrected chi connectivity index (χ3v) is 1.37. The van der Waals surface area contributed by atoms with Gasteiger partial charge in [-0.05, 0) is 12.8 Å². The molecule has 0 unspecified atom stereocenters. The fourth-order valence-electron chi connectivity index (χ4n) is 0.797. The van der Waals surface area contributed by atoms with Crippen LogP contribution in [0.4, 0.5) is 0 Å². The van der Waals surface area contributed by atoms with Gasteiger partial charge in [0.25, 0.3) is 0 Å². The van der Waals surface area contributed by atoms with Gasteiger partial charge in [0.15, 0.2) is 0 Å². The largest absolute Gasteiger partial charge is 0.478 e. The molecule has 2 N–H and O–H groups in total. The maximum absolute atomic E-state index is 10.5. The first-order valence-electron chi connectivity index (χ1n) is 3.73. The van der Waals surface area contributed by atoms with Gasteiger partial charge in [0.05, 0.1) is 0 Å². The normalized spacial score (nSPS) is 11.3. The van der Waals surface area contributed by atoms with E-state index in [9.17, 15) is 9.59 Å². The molecule has 0 rings (SSSR count). The second-order valence-electron chi connectivity index (χ2n) is 2.41. The monoisotopic (exact) mass is 188 g/mol. The molecule has 0 aromatic carbocycles. The summed E-state index contributed by atoms with van der Waals surface area (Å²) in [7, 11) is 1.50. The molecule has 0 bridgehead atoms. The molecule has 0 aliphatic carbocycles. The SMILES string of the molecule is COCCCC(=CC(=O)O)C(=O)O. The van der Waals surface area contributed by atoms with Gasteiger partial charge in [0, 0.05) is 25.4 Å². The molecule has 0 aliphatic heterocycles. The molecular formula is C8H12O5. The summed E-state index contributed by atoms with van der Waals surface area (Å²) in [6, 6.07) is 0. The van der Waals surface area contributed by atoms with Gasteiger partial charge in [-0.25, -0.2) is 9.59 Å². The highest BCUT2D eigenvalue weighted by atomic mass is 16.5. The van der Waals surface area contributed by atoms with Crippen LogP contribution in [0.15, 0.2) is 11.6 Å². The van der Waals surface area contributed by atoms with Gasteiger partial charge in [-0.3, -0.25) is 0 Å². The van der Waals surface area contributed by atoms with Crippen LogP contribution in [-0.4, -0.2) is 35.9 Å². The zero-order valence-electron chi connectivity index (χ0n) is 7.32. The quantitative estimate of drug-likeness (QED) is 0.468. The summed E-state index contributed by atoms with van der Waals surface area (Å²) in [6.07, 6.45) is 1.41. The van der Waals surface area contributed by atoms with Crippen molar-refractivity contribution in [3.05, 3.63) is 11.6 Å². The zero-order valence-corrected chi connectivity index (χ0v) is 7.32. The van der Waals surface area contributed by atoms with Crippen LogP contribution in [0.5, 0.6) is 0 Å². The van der Waals surface area contributed by atoms with Gasteiger partial charge < -0.3 is 14.9 Å². The number of hydrogen-bond acceptors (Lipinski definition) is 3. The van der Waals surface area contributed by atoms with Crippen molar-refractivity contribution in [3.8, 4) is 0 Å². The highest BCUT2D eigenvalue weighted by molar-refractivity contribution is 5.94. The minimum atomic E-state index is -1.24. The smallest absolute Gasteiger partial charge is 0.331 e. The van der Waals surface area contributed by atoms with Crippen molar-refractivity contribution < 1.29 is 24.5 Å². The Hall–Kier alpha value is -1.36. The van der Waals surface area contributed by atoms with E-state index in [2.05, 4.69) is 0 Å². The number of rotatable bonds is 6. The number of carboxylic acid groups (broad SMARTS) is 2. The molecular weight excluding hydrogens is 176 g/mol. The highest BCUT2D eigenvalue weighted by Gasteiger charge is 2.08. The van der Waals surface area contributed by atoms with Gasteiger partial charge >= 0.3 is 11.9 Å². The molecule has 5 nitrogen and oxygen atoms in total. The van der Waals surface area contributed by atoms with E-state index in [-0.39, 0.29) is 12.0 Å². The van der Waals surface area contributed by atoms with Crippen molar-refractivity contribution in [2.24, 2.45) is 0 Å². The van der Waals surface area contributed by atoms with E-state index < -0.39 is 11.9 Å². The van der Waals surface area contributed by atoms with E-state index in [4.69, 9.17) is 14.9 Å². The maximum Gasteiger partial charge on any atom is 0.331 e. The molecule has 0 spiro atoms. The second-order valence-corrected chi connectivity index (χ2v) is 2.41. The molecule has 0 aliphatic rings. The Morgan fingerprint density at radius 2 is 2.00 bits per heavy atom. The predicted octanol–water partition coefficient (Wildman–Crippen LogP) is 0.509. The van der Waals surface area contributed by atoms with E-state index in [1.54, 1.807) is 0 Å². The lowest BCUT2D eigenvalue weighted by atomic mass is 10.1. The van der Waals surface area contributed by atoms with E-state index >= 15 is 0 Å². The van der Waals surface area contributed by atoms with Crippen LogP contribution in [0.1, 0.15) is 12.8 Å². The Labute approximate surface area is 75.6 Å². The number of methoxy groups -OCH3 is 1. The maximum atomic E-state index is 10.5. The summed E-state index contributed by atoms with van der Waals surface area (Å²) in [5, 5.41) is 16.9. The number of ether oxygens (including phenoxy) is 1. The second kappa shape index (κ2) is 6.19. The molecule has 0 atom stereocenters. The molecule has 0 radical (unpaired) electrons. The van der Waals surface area contributed by atoms with Crippen LogP contribution in [0.3, 0.4) is 0 Å². The van der Waals surface area contributed by atoms with Crippen LogP contribution >= 0.6 is 0 Å². The number of carboxylic acids is 2. The summed E-state index contributed by atoms with van der Waals surface area (Å²) in [6.45, 7) is 0.421. The fraction of sp³-hybridized carbons (Fsp3) is 0.500. The summed E-state index contributed by atoms with van der Waals surface area (Å²) in [4.78, 5) is 20.6. The minimum absolute atomic E-state index is 0.107. The third kappa shape index (κ3) is 5.86. The Balaban J connectivity index is 4.11. The van der Waals surface area contributed by atoms with Crippen LogP contribution in [0.2, 0.25) is 0 Å². The average molecular weight is 188 g/mol. The van der Waals surface area contributed by atoms with Gasteiger partial charge in [0.2, 0.25) is 0 Å². The van der Waals surface area contributed by atoms with Crippen LogP contribution in [0.25, 0.3) is 0 Å². The van der Waals surface area contributed by atoms with Gasteiger partial charge in [-0.1, -0.05) is 0 Å². The Kier molecular flexibility index (Phi) is 5.54. The fourth-order valence-corrected chi connectivity index (χ4v) is 0.797.